The fourth-order valence-corrected chi connectivity index (χ4v) is 3.38. The summed E-state index contributed by atoms with van der Waals surface area (Å²) in [6, 6.07) is 6.30. The molecule has 1 aromatic rings. The van der Waals surface area contributed by atoms with E-state index in [2.05, 4.69) is 22.3 Å². The van der Waals surface area contributed by atoms with E-state index in [0.29, 0.717) is 6.79 Å². The third kappa shape index (κ3) is 1.76. The monoisotopic (exact) mass is 246 g/mol. The average Bonchev–Trinajstić information content (AvgIpc) is 3.02. The van der Waals surface area contributed by atoms with E-state index in [1.54, 1.807) is 0 Å². The molecule has 1 N–H and O–H groups in total. The van der Waals surface area contributed by atoms with E-state index < -0.39 is 0 Å². The molecule has 4 rings (SSSR count). The largest absolute Gasteiger partial charge is 0.454 e. The number of fused-ring (bicyclic) bond motifs is 2. The highest BCUT2D eigenvalue weighted by atomic mass is 16.7. The smallest absolute Gasteiger partial charge is 0.231 e. The molecule has 3 aliphatic rings. The highest BCUT2D eigenvalue weighted by Gasteiger charge is 2.35. The van der Waals surface area contributed by atoms with Crippen LogP contribution in [-0.4, -0.2) is 37.9 Å². The summed E-state index contributed by atoms with van der Waals surface area (Å²) in [5.41, 5.74) is 1.33. The lowest BCUT2D eigenvalue weighted by atomic mass is 10.0. The van der Waals surface area contributed by atoms with Gasteiger partial charge in [0.15, 0.2) is 11.5 Å². The van der Waals surface area contributed by atoms with Gasteiger partial charge in [-0.25, -0.2) is 0 Å². The van der Waals surface area contributed by atoms with Crippen molar-refractivity contribution in [2.45, 2.75) is 6.54 Å². The maximum Gasteiger partial charge on any atom is 0.231 e. The number of benzene rings is 1. The number of nitrogens with zero attached hydrogens (tertiary/aromatic N) is 1. The van der Waals surface area contributed by atoms with Crippen LogP contribution < -0.4 is 14.8 Å². The zero-order valence-electron chi connectivity index (χ0n) is 10.4. The molecule has 2 atom stereocenters. The van der Waals surface area contributed by atoms with Crippen LogP contribution in [0.25, 0.3) is 0 Å². The predicted octanol–water partition coefficient (Wildman–Crippen LogP) is 1.07. The minimum absolute atomic E-state index is 0.359. The van der Waals surface area contributed by atoms with Crippen LogP contribution in [0.3, 0.4) is 0 Å². The first-order chi connectivity index (χ1) is 8.88. The van der Waals surface area contributed by atoms with Crippen molar-refractivity contribution in [1.29, 1.82) is 0 Å². The van der Waals surface area contributed by atoms with E-state index in [9.17, 15) is 0 Å². The lowest BCUT2D eigenvalue weighted by molar-refractivity contribution is 0.174. The van der Waals surface area contributed by atoms with Crippen molar-refractivity contribution in [2.75, 3.05) is 33.0 Å². The molecule has 0 aromatic heterocycles. The number of hydrogen-bond donors (Lipinski definition) is 1. The van der Waals surface area contributed by atoms with Crippen LogP contribution in [0.4, 0.5) is 0 Å². The lowest BCUT2D eigenvalue weighted by Crippen LogP contribution is -2.25. The first-order valence-electron chi connectivity index (χ1n) is 6.70. The van der Waals surface area contributed by atoms with E-state index in [1.165, 1.54) is 31.7 Å². The summed E-state index contributed by atoms with van der Waals surface area (Å²) in [5, 5.41) is 3.48. The number of nitrogens with one attached hydrogen (secondary N) is 1. The van der Waals surface area contributed by atoms with Crippen LogP contribution in [0.15, 0.2) is 18.2 Å². The van der Waals surface area contributed by atoms with Gasteiger partial charge in [0.05, 0.1) is 0 Å². The fourth-order valence-electron chi connectivity index (χ4n) is 3.38. The van der Waals surface area contributed by atoms with Gasteiger partial charge in [-0.3, -0.25) is 4.90 Å². The number of hydrogen-bond acceptors (Lipinski definition) is 4. The Balaban J connectivity index is 1.46. The molecular weight excluding hydrogens is 228 g/mol. The minimum atomic E-state index is 0.359. The van der Waals surface area contributed by atoms with Crippen molar-refractivity contribution in [2.24, 2.45) is 11.8 Å². The highest BCUT2D eigenvalue weighted by molar-refractivity contribution is 5.44. The molecule has 0 radical (unpaired) electrons. The molecule has 96 valence electrons. The molecule has 0 saturated carbocycles. The second-order valence-electron chi connectivity index (χ2n) is 5.56. The lowest BCUT2D eigenvalue weighted by Gasteiger charge is -2.17. The SMILES string of the molecule is c1cc2c(cc1CN1C[C@H]3CNC[C@H]3C1)OCO2. The van der Waals surface area contributed by atoms with Crippen molar-refractivity contribution in [3.63, 3.8) is 0 Å². The van der Waals surface area contributed by atoms with Gasteiger partial charge in [0, 0.05) is 19.6 Å². The van der Waals surface area contributed by atoms with Crippen LogP contribution in [0.2, 0.25) is 0 Å². The molecule has 2 saturated heterocycles. The summed E-state index contributed by atoms with van der Waals surface area (Å²) in [6.07, 6.45) is 0. The maximum atomic E-state index is 5.43. The number of likely N-dealkylation sites (tertiary alicyclic amines) is 1. The molecule has 0 amide bonds. The van der Waals surface area contributed by atoms with E-state index in [1.807, 2.05) is 6.07 Å². The molecule has 18 heavy (non-hydrogen) atoms. The molecule has 4 heteroatoms. The zero-order valence-corrected chi connectivity index (χ0v) is 10.4. The van der Waals surface area contributed by atoms with Crippen molar-refractivity contribution in [3.8, 4) is 11.5 Å². The van der Waals surface area contributed by atoms with Crippen LogP contribution in [0, 0.1) is 11.8 Å². The average molecular weight is 246 g/mol. The molecule has 0 spiro atoms. The van der Waals surface area contributed by atoms with Gasteiger partial charge in [0.25, 0.3) is 0 Å². The summed E-state index contributed by atoms with van der Waals surface area (Å²) >= 11 is 0. The van der Waals surface area contributed by atoms with Gasteiger partial charge in [0.2, 0.25) is 6.79 Å². The predicted molar refractivity (Wildman–Crippen MR) is 67.7 cm³/mol. The fraction of sp³-hybridized carbons (Fsp3) is 0.571. The van der Waals surface area contributed by atoms with E-state index >= 15 is 0 Å². The summed E-state index contributed by atoms with van der Waals surface area (Å²) < 4.78 is 10.8. The molecule has 4 nitrogen and oxygen atoms in total. The Kier molecular flexibility index (Phi) is 2.45. The first kappa shape index (κ1) is 10.6. The Morgan fingerprint density at radius 3 is 2.72 bits per heavy atom. The van der Waals surface area contributed by atoms with Crippen molar-refractivity contribution in [3.05, 3.63) is 23.8 Å². The third-order valence-electron chi connectivity index (χ3n) is 4.31. The molecule has 2 fully saturated rings. The Bertz CT molecular complexity index is 451. The second-order valence-corrected chi connectivity index (χ2v) is 5.56. The summed E-state index contributed by atoms with van der Waals surface area (Å²) in [5.74, 6) is 3.49. The second kappa shape index (κ2) is 4.14. The van der Waals surface area contributed by atoms with Gasteiger partial charge in [-0.15, -0.1) is 0 Å². The normalized spacial score (nSPS) is 29.8. The molecule has 0 unspecified atom stereocenters. The maximum absolute atomic E-state index is 5.43. The minimum Gasteiger partial charge on any atom is -0.454 e. The molecule has 1 aromatic carbocycles. The Labute approximate surface area is 107 Å². The Hall–Kier alpha value is -1.26. The molecule has 3 heterocycles. The summed E-state index contributed by atoms with van der Waals surface area (Å²) in [7, 11) is 0. The highest BCUT2D eigenvalue weighted by Crippen LogP contribution is 2.34. The zero-order chi connectivity index (χ0) is 11.9. The van der Waals surface area contributed by atoms with Gasteiger partial charge in [0.1, 0.15) is 0 Å². The quantitative estimate of drug-likeness (QED) is 0.846. The van der Waals surface area contributed by atoms with Crippen LogP contribution >= 0.6 is 0 Å². The van der Waals surface area contributed by atoms with Crippen LogP contribution in [0.5, 0.6) is 11.5 Å². The standard InChI is InChI=1S/C14H18N2O2/c1-2-13-14(18-9-17-13)3-10(1)6-16-7-11-4-15-5-12(11)8-16/h1-3,11-12,15H,4-9H2/t11-,12+. The van der Waals surface area contributed by atoms with E-state index in [0.717, 1.165) is 29.9 Å². The third-order valence-corrected chi connectivity index (χ3v) is 4.31. The van der Waals surface area contributed by atoms with Crippen molar-refractivity contribution >= 4 is 0 Å². The van der Waals surface area contributed by atoms with Gasteiger partial charge in [-0.2, -0.15) is 0 Å². The van der Waals surface area contributed by atoms with Crippen molar-refractivity contribution in [1.82, 2.24) is 10.2 Å². The van der Waals surface area contributed by atoms with Crippen molar-refractivity contribution < 1.29 is 9.47 Å². The Morgan fingerprint density at radius 2 is 1.89 bits per heavy atom. The van der Waals surface area contributed by atoms with Crippen LogP contribution in [0.1, 0.15) is 5.56 Å². The molecule has 3 aliphatic heterocycles. The number of rotatable bonds is 2. The molecule has 0 bridgehead atoms. The molecular formula is C14H18N2O2. The van der Waals surface area contributed by atoms with E-state index in [-0.39, 0.29) is 0 Å². The topological polar surface area (TPSA) is 33.7 Å². The van der Waals surface area contributed by atoms with Gasteiger partial charge in [-0.1, -0.05) is 6.07 Å². The van der Waals surface area contributed by atoms with Gasteiger partial charge < -0.3 is 14.8 Å². The van der Waals surface area contributed by atoms with Gasteiger partial charge in [-0.05, 0) is 42.6 Å². The van der Waals surface area contributed by atoms with Crippen LogP contribution in [-0.2, 0) is 6.54 Å². The molecule has 0 aliphatic carbocycles. The summed E-state index contributed by atoms with van der Waals surface area (Å²) in [4.78, 5) is 2.56. The van der Waals surface area contributed by atoms with E-state index in [4.69, 9.17) is 9.47 Å². The first-order valence-corrected chi connectivity index (χ1v) is 6.70. The summed E-state index contributed by atoms with van der Waals surface area (Å²) in [6.45, 7) is 6.24. The van der Waals surface area contributed by atoms with Gasteiger partial charge >= 0.3 is 0 Å². The number of ether oxygens (including phenoxy) is 2. The Morgan fingerprint density at radius 1 is 1.11 bits per heavy atom.